The Morgan fingerprint density at radius 2 is 1.27 bits per heavy atom. The molecule has 0 fully saturated rings. The number of hydrogen-bond acceptors (Lipinski definition) is 4. The van der Waals surface area contributed by atoms with Crippen molar-refractivity contribution >= 4 is 11.3 Å². The van der Waals surface area contributed by atoms with Gasteiger partial charge in [0.25, 0.3) is 0 Å². The van der Waals surface area contributed by atoms with Crippen LogP contribution in [0.3, 0.4) is 0 Å². The Hall–Kier alpha value is -2.76. The smallest absolute Gasteiger partial charge is 0.154 e. The molecule has 6 nitrogen and oxygen atoms in total. The summed E-state index contributed by atoms with van der Waals surface area (Å²) in [6.07, 6.45) is 10.6. The van der Waals surface area contributed by atoms with Crippen LogP contribution in [0.5, 0.6) is 0 Å². The zero-order chi connectivity index (χ0) is 16.2. The van der Waals surface area contributed by atoms with Crippen molar-refractivity contribution in [1.29, 1.82) is 0 Å². The van der Waals surface area contributed by atoms with Crippen LogP contribution >= 0.6 is 0 Å². The monoisotopic (exact) mass is 298 g/mol. The van der Waals surface area contributed by atoms with E-state index in [1.165, 1.54) is 0 Å². The second kappa shape index (κ2) is 10.0. The van der Waals surface area contributed by atoms with Gasteiger partial charge in [-0.25, -0.2) is 19.0 Å². The molecule has 4 aromatic heterocycles. The van der Waals surface area contributed by atoms with Crippen molar-refractivity contribution < 1.29 is 0 Å². The minimum atomic E-state index is 0.887. The van der Waals surface area contributed by atoms with Gasteiger partial charge in [0.2, 0.25) is 0 Å². The van der Waals surface area contributed by atoms with Crippen molar-refractivity contribution in [3.05, 3.63) is 61.4 Å². The minimum Gasteiger partial charge on any atom is -0.237 e. The highest BCUT2D eigenvalue weighted by Crippen LogP contribution is 1.94. The highest BCUT2D eigenvalue weighted by atomic mass is 15.2. The molecule has 0 spiro atoms. The number of nitrogens with zero attached hydrogens (tertiary/aromatic N) is 6. The summed E-state index contributed by atoms with van der Waals surface area (Å²) in [6.45, 7) is 8.00. The highest BCUT2D eigenvalue weighted by Gasteiger charge is 1.87. The maximum Gasteiger partial charge on any atom is 0.154 e. The molecule has 0 amide bonds. The van der Waals surface area contributed by atoms with Gasteiger partial charge in [0.15, 0.2) is 11.3 Å². The Morgan fingerprint density at radius 3 is 2.00 bits per heavy atom. The van der Waals surface area contributed by atoms with E-state index in [1.807, 2.05) is 64.4 Å². The van der Waals surface area contributed by atoms with Crippen molar-refractivity contribution in [3.63, 3.8) is 0 Å². The third-order valence-electron chi connectivity index (χ3n) is 2.34. The molecule has 6 heteroatoms. The first-order valence-electron chi connectivity index (χ1n) is 7.42. The van der Waals surface area contributed by atoms with Gasteiger partial charge in [-0.15, -0.1) is 0 Å². The van der Waals surface area contributed by atoms with Crippen molar-refractivity contribution in [2.45, 2.75) is 27.7 Å². The van der Waals surface area contributed by atoms with Gasteiger partial charge in [-0.3, -0.25) is 0 Å². The Bertz CT molecular complexity index is 633. The number of imidazole rings is 1. The van der Waals surface area contributed by atoms with Gasteiger partial charge in [-0.2, -0.15) is 10.2 Å². The SMILES string of the molecule is CC.CC.c1cnc2ccnn2c1.c1cnn2ccnc2c1. The lowest BCUT2D eigenvalue weighted by Crippen LogP contribution is -1.85. The first-order valence-corrected chi connectivity index (χ1v) is 7.42. The summed E-state index contributed by atoms with van der Waals surface area (Å²) in [7, 11) is 0. The van der Waals surface area contributed by atoms with Crippen LogP contribution in [0.25, 0.3) is 11.3 Å². The van der Waals surface area contributed by atoms with E-state index in [9.17, 15) is 0 Å². The summed E-state index contributed by atoms with van der Waals surface area (Å²) in [5.74, 6) is 0. The molecule has 0 bridgehead atoms. The van der Waals surface area contributed by atoms with Gasteiger partial charge >= 0.3 is 0 Å². The summed E-state index contributed by atoms with van der Waals surface area (Å²) in [5, 5.41) is 7.97. The van der Waals surface area contributed by atoms with E-state index in [1.54, 1.807) is 33.8 Å². The van der Waals surface area contributed by atoms with Crippen LogP contribution in [-0.4, -0.2) is 29.2 Å². The van der Waals surface area contributed by atoms with Crippen LogP contribution < -0.4 is 0 Å². The van der Waals surface area contributed by atoms with E-state index in [0.29, 0.717) is 0 Å². The van der Waals surface area contributed by atoms with E-state index in [4.69, 9.17) is 0 Å². The molecule has 0 atom stereocenters. The average molecular weight is 298 g/mol. The third kappa shape index (κ3) is 4.66. The lowest BCUT2D eigenvalue weighted by atomic mass is 10.6. The normalized spacial score (nSPS) is 8.91. The predicted octanol–water partition coefficient (Wildman–Crippen LogP) is 3.51. The maximum atomic E-state index is 4.04. The molecule has 0 aliphatic carbocycles. The molecule has 22 heavy (non-hydrogen) atoms. The largest absolute Gasteiger partial charge is 0.237 e. The maximum absolute atomic E-state index is 4.04. The van der Waals surface area contributed by atoms with Crippen LogP contribution in [0.4, 0.5) is 0 Å². The van der Waals surface area contributed by atoms with Gasteiger partial charge < -0.3 is 0 Å². The predicted molar refractivity (Wildman–Crippen MR) is 88.7 cm³/mol. The quantitative estimate of drug-likeness (QED) is 0.498. The van der Waals surface area contributed by atoms with E-state index in [-0.39, 0.29) is 0 Å². The summed E-state index contributed by atoms with van der Waals surface area (Å²) in [4.78, 5) is 8.06. The second-order valence-corrected chi connectivity index (χ2v) is 3.51. The van der Waals surface area contributed by atoms with E-state index in [0.717, 1.165) is 11.3 Å². The zero-order valence-corrected chi connectivity index (χ0v) is 13.5. The molecule has 4 aromatic rings. The van der Waals surface area contributed by atoms with Crippen molar-refractivity contribution in [1.82, 2.24) is 29.2 Å². The molecule has 0 unspecified atom stereocenters. The lowest BCUT2D eigenvalue weighted by molar-refractivity contribution is 0.936. The van der Waals surface area contributed by atoms with Gasteiger partial charge in [0.05, 0.1) is 6.20 Å². The molecule has 0 radical (unpaired) electrons. The van der Waals surface area contributed by atoms with Gasteiger partial charge in [0, 0.05) is 37.1 Å². The first kappa shape index (κ1) is 17.3. The molecule has 0 saturated carbocycles. The number of rotatable bonds is 0. The van der Waals surface area contributed by atoms with E-state index < -0.39 is 0 Å². The van der Waals surface area contributed by atoms with Crippen LogP contribution in [0.2, 0.25) is 0 Å². The van der Waals surface area contributed by atoms with Crippen LogP contribution in [0.15, 0.2) is 61.4 Å². The summed E-state index contributed by atoms with van der Waals surface area (Å²) < 4.78 is 3.44. The van der Waals surface area contributed by atoms with Crippen molar-refractivity contribution in [3.8, 4) is 0 Å². The first-order chi connectivity index (χ1) is 10.9. The number of hydrogen-bond donors (Lipinski definition) is 0. The second-order valence-electron chi connectivity index (χ2n) is 3.51. The summed E-state index contributed by atoms with van der Waals surface area (Å²) in [6, 6.07) is 7.48. The minimum absolute atomic E-state index is 0.887. The topological polar surface area (TPSA) is 60.4 Å². The molecule has 4 rings (SSSR count). The Kier molecular flexibility index (Phi) is 7.89. The molecular formula is C16H22N6. The van der Waals surface area contributed by atoms with Crippen molar-refractivity contribution in [2.75, 3.05) is 0 Å². The Morgan fingerprint density at radius 1 is 0.636 bits per heavy atom. The van der Waals surface area contributed by atoms with E-state index >= 15 is 0 Å². The molecule has 0 aliphatic heterocycles. The molecular weight excluding hydrogens is 276 g/mol. The van der Waals surface area contributed by atoms with Crippen molar-refractivity contribution in [2.24, 2.45) is 0 Å². The number of fused-ring (bicyclic) bond motifs is 2. The van der Waals surface area contributed by atoms with E-state index in [2.05, 4.69) is 20.2 Å². The summed E-state index contributed by atoms with van der Waals surface area (Å²) in [5.41, 5.74) is 1.77. The Balaban J connectivity index is 0.000000180. The van der Waals surface area contributed by atoms with Crippen LogP contribution in [0, 0.1) is 0 Å². The highest BCUT2D eigenvalue weighted by molar-refractivity contribution is 5.34. The van der Waals surface area contributed by atoms with Crippen LogP contribution in [0.1, 0.15) is 27.7 Å². The standard InChI is InChI=1S/2C6H5N3.2C2H6/c1-3-7-6-2-4-8-9(6)5-1;1-2-6-7-4-5-9(6)8-3-1;2*1-2/h2*1-5H;2*1-2H3. The number of aromatic nitrogens is 6. The fourth-order valence-corrected chi connectivity index (χ4v) is 1.53. The fraction of sp³-hybridized carbons (Fsp3) is 0.250. The average Bonchev–Trinajstić information content (AvgIpc) is 3.28. The van der Waals surface area contributed by atoms with Gasteiger partial charge in [0.1, 0.15) is 0 Å². The molecule has 4 heterocycles. The molecule has 0 aliphatic rings. The summed E-state index contributed by atoms with van der Waals surface area (Å²) >= 11 is 0. The molecule has 0 N–H and O–H groups in total. The molecule has 0 aromatic carbocycles. The van der Waals surface area contributed by atoms with Gasteiger partial charge in [-0.1, -0.05) is 27.7 Å². The Labute approximate surface area is 130 Å². The lowest BCUT2D eigenvalue weighted by Gasteiger charge is -1.85. The molecule has 0 saturated heterocycles. The van der Waals surface area contributed by atoms with Gasteiger partial charge in [-0.05, 0) is 18.2 Å². The third-order valence-corrected chi connectivity index (χ3v) is 2.34. The van der Waals surface area contributed by atoms with Crippen LogP contribution in [-0.2, 0) is 0 Å². The molecule has 116 valence electrons. The fourth-order valence-electron chi connectivity index (χ4n) is 1.53. The zero-order valence-electron chi connectivity index (χ0n) is 13.5.